The summed E-state index contributed by atoms with van der Waals surface area (Å²) >= 11 is 1.80. The average molecular weight is 324 g/mol. The van der Waals surface area contributed by atoms with Crippen LogP contribution in [0.3, 0.4) is 0 Å². The topological polar surface area (TPSA) is 9.23 Å². The molecule has 0 saturated carbocycles. The summed E-state index contributed by atoms with van der Waals surface area (Å²) in [6, 6.07) is 18.7. The number of thioether (sulfide) groups is 1. The Hall–Kier alpha value is -1.89. The molecule has 0 fully saturated rings. The molecule has 0 amide bonds. The predicted molar refractivity (Wildman–Crippen MR) is 101 cm³/mol. The summed E-state index contributed by atoms with van der Waals surface area (Å²) < 4.78 is 5.23. The van der Waals surface area contributed by atoms with Gasteiger partial charge in [-0.25, -0.2) is 0 Å². The van der Waals surface area contributed by atoms with Crippen LogP contribution in [0.1, 0.15) is 38.7 Å². The zero-order chi connectivity index (χ0) is 16.5. The fraction of sp³-hybridized carbons (Fsp3) is 0.286. The first-order chi connectivity index (χ1) is 11.2. The molecule has 0 aromatic heterocycles. The van der Waals surface area contributed by atoms with Gasteiger partial charge in [-0.3, -0.25) is 0 Å². The second-order valence-corrected chi connectivity index (χ2v) is 6.59. The summed E-state index contributed by atoms with van der Waals surface area (Å²) in [6.07, 6.45) is 3.45. The van der Waals surface area contributed by atoms with E-state index in [9.17, 15) is 0 Å². The maximum absolute atomic E-state index is 5.23. The van der Waals surface area contributed by atoms with Crippen LogP contribution in [-0.4, -0.2) is 7.11 Å². The van der Waals surface area contributed by atoms with E-state index in [0.717, 1.165) is 12.2 Å². The van der Waals surface area contributed by atoms with E-state index in [0.29, 0.717) is 0 Å². The fourth-order valence-corrected chi connectivity index (χ4v) is 3.24. The van der Waals surface area contributed by atoms with E-state index in [2.05, 4.69) is 56.0 Å². The SMILES string of the molecule is CCCCC(=C=C(C)c1ccccc1)Sc1ccc(OC)cc1. The summed E-state index contributed by atoms with van der Waals surface area (Å²) in [6.45, 7) is 4.36. The van der Waals surface area contributed by atoms with Crippen molar-refractivity contribution in [2.75, 3.05) is 7.11 Å². The Morgan fingerprint density at radius 3 is 2.35 bits per heavy atom. The van der Waals surface area contributed by atoms with Gasteiger partial charge in [-0.15, -0.1) is 5.73 Å². The van der Waals surface area contributed by atoms with Crippen LogP contribution in [0.15, 0.2) is 70.1 Å². The Bertz CT molecular complexity index is 665. The van der Waals surface area contributed by atoms with Gasteiger partial charge in [-0.05, 0) is 55.2 Å². The van der Waals surface area contributed by atoms with Gasteiger partial charge in [0.2, 0.25) is 0 Å². The Morgan fingerprint density at radius 1 is 1.04 bits per heavy atom. The molecule has 0 atom stereocenters. The van der Waals surface area contributed by atoms with Gasteiger partial charge in [0.25, 0.3) is 0 Å². The van der Waals surface area contributed by atoms with E-state index in [1.54, 1.807) is 18.9 Å². The largest absolute Gasteiger partial charge is 0.497 e. The molecule has 0 unspecified atom stereocenters. The van der Waals surface area contributed by atoms with E-state index < -0.39 is 0 Å². The van der Waals surface area contributed by atoms with Gasteiger partial charge < -0.3 is 4.74 Å². The maximum atomic E-state index is 5.23. The number of hydrogen-bond acceptors (Lipinski definition) is 2. The van der Waals surface area contributed by atoms with Crippen molar-refractivity contribution in [3.63, 3.8) is 0 Å². The Balaban J connectivity index is 2.26. The van der Waals surface area contributed by atoms with Gasteiger partial charge >= 0.3 is 0 Å². The molecule has 120 valence electrons. The van der Waals surface area contributed by atoms with Crippen LogP contribution < -0.4 is 4.74 Å². The van der Waals surface area contributed by atoms with E-state index in [1.165, 1.54) is 33.8 Å². The smallest absolute Gasteiger partial charge is 0.118 e. The molecule has 0 aliphatic rings. The average Bonchev–Trinajstić information content (AvgIpc) is 2.61. The van der Waals surface area contributed by atoms with E-state index in [-0.39, 0.29) is 0 Å². The standard InChI is InChI=1S/C21H24OS/c1-4-5-11-21(16-17(2)18-9-7-6-8-10-18)23-20-14-12-19(22-3)13-15-20/h6-10,12-15H,4-5,11H2,1-3H3. The first-order valence-corrected chi connectivity index (χ1v) is 8.88. The van der Waals surface area contributed by atoms with Crippen LogP contribution in [0, 0.1) is 0 Å². The third-order valence-corrected chi connectivity index (χ3v) is 4.65. The minimum atomic E-state index is 0.893. The monoisotopic (exact) mass is 324 g/mol. The van der Waals surface area contributed by atoms with Crippen molar-refractivity contribution < 1.29 is 4.74 Å². The van der Waals surface area contributed by atoms with Crippen molar-refractivity contribution in [1.82, 2.24) is 0 Å². The molecule has 0 aliphatic heterocycles. The lowest BCUT2D eigenvalue weighted by Crippen LogP contribution is -1.83. The summed E-state index contributed by atoms with van der Waals surface area (Å²) in [7, 11) is 1.70. The number of hydrogen-bond donors (Lipinski definition) is 0. The minimum absolute atomic E-state index is 0.893. The van der Waals surface area contributed by atoms with Gasteiger partial charge in [0, 0.05) is 9.80 Å². The second-order valence-electron chi connectivity index (χ2n) is 5.42. The van der Waals surface area contributed by atoms with Crippen molar-refractivity contribution in [3.05, 3.63) is 70.8 Å². The Morgan fingerprint density at radius 2 is 1.74 bits per heavy atom. The first kappa shape index (κ1) is 17.5. The highest BCUT2D eigenvalue weighted by molar-refractivity contribution is 8.03. The Labute approximate surface area is 144 Å². The molecule has 0 bridgehead atoms. The van der Waals surface area contributed by atoms with E-state index in [1.807, 2.05) is 18.2 Å². The summed E-state index contributed by atoms with van der Waals surface area (Å²) in [4.78, 5) is 2.52. The quantitative estimate of drug-likeness (QED) is 0.421. The molecule has 0 N–H and O–H groups in total. The molecule has 2 aromatic carbocycles. The van der Waals surface area contributed by atoms with Crippen LogP contribution in [0.25, 0.3) is 5.57 Å². The van der Waals surface area contributed by atoms with Crippen LogP contribution in [-0.2, 0) is 0 Å². The number of unbranched alkanes of at least 4 members (excludes halogenated alkanes) is 1. The number of allylic oxidation sites excluding steroid dienone is 1. The fourth-order valence-electron chi connectivity index (χ4n) is 2.23. The summed E-state index contributed by atoms with van der Waals surface area (Å²) in [5, 5.41) is 0. The molecule has 23 heavy (non-hydrogen) atoms. The van der Waals surface area contributed by atoms with Crippen LogP contribution in [0.5, 0.6) is 5.75 Å². The molecule has 0 saturated heterocycles. The van der Waals surface area contributed by atoms with Gasteiger partial charge in [0.15, 0.2) is 0 Å². The molecule has 1 nitrogen and oxygen atoms in total. The highest BCUT2D eigenvalue weighted by Crippen LogP contribution is 2.31. The van der Waals surface area contributed by atoms with Crippen molar-refractivity contribution in [2.24, 2.45) is 0 Å². The molecule has 0 heterocycles. The zero-order valence-corrected chi connectivity index (χ0v) is 15.0. The van der Waals surface area contributed by atoms with E-state index in [4.69, 9.17) is 4.74 Å². The van der Waals surface area contributed by atoms with Crippen molar-refractivity contribution >= 4 is 17.3 Å². The van der Waals surface area contributed by atoms with Crippen LogP contribution >= 0.6 is 11.8 Å². The van der Waals surface area contributed by atoms with Crippen molar-refractivity contribution in [3.8, 4) is 5.75 Å². The normalized spacial score (nSPS) is 10.0. The number of rotatable bonds is 7. The highest BCUT2D eigenvalue weighted by Gasteiger charge is 2.02. The van der Waals surface area contributed by atoms with E-state index >= 15 is 0 Å². The third-order valence-electron chi connectivity index (χ3n) is 3.59. The van der Waals surface area contributed by atoms with Gasteiger partial charge in [-0.1, -0.05) is 55.4 Å². The number of benzene rings is 2. The lowest BCUT2D eigenvalue weighted by atomic mass is 10.1. The lowest BCUT2D eigenvalue weighted by Gasteiger charge is -2.06. The third kappa shape index (κ3) is 5.67. The lowest BCUT2D eigenvalue weighted by molar-refractivity contribution is 0.414. The van der Waals surface area contributed by atoms with Gasteiger partial charge in [-0.2, -0.15) is 0 Å². The zero-order valence-electron chi connectivity index (χ0n) is 14.1. The molecule has 2 aromatic rings. The van der Waals surface area contributed by atoms with Crippen LogP contribution in [0.4, 0.5) is 0 Å². The molecular formula is C21H24OS. The summed E-state index contributed by atoms with van der Waals surface area (Å²) in [5.41, 5.74) is 6.04. The van der Waals surface area contributed by atoms with Gasteiger partial charge in [0.1, 0.15) is 5.75 Å². The molecule has 2 heteroatoms. The molecule has 2 rings (SSSR count). The van der Waals surface area contributed by atoms with Crippen LogP contribution in [0.2, 0.25) is 0 Å². The Kier molecular flexibility index (Phi) is 7.06. The minimum Gasteiger partial charge on any atom is -0.497 e. The number of methoxy groups -OCH3 is 1. The summed E-state index contributed by atoms with van der Waals surface area (Å²) in [5.74, 6) is 0.893. The van der Waals surface area contributed by atoms with Crippen molar-refractivity contribution in [2.45, 2.75) is 38.0 Å². The molecule has 0 aliphatic carbocycles. The first-order valence-electron chi connectivity index (χ1n) is 8.06. The molecule has 0 spiro atoms. The predicted octanol–water partition coefficient (Wildman–Crippen LogP) is 6.56. The second kappa shape index (κ2) is 9.29. The van der Waals surface area contributed by atoms with Gasteiger partial charge in [0.05, 0.1) is 7.11 Å². The number of ether oxygens (including phenoxy) is 1. The van der Waals surface area contributed by atoms with Crippen molar-refractivity contribution in [1.29, 1.82) is 0 Å². The maximum Gasteiger partial charge on any atom is 0.118 e. The molecule has 0 radical (unpaired) electrons. The highest BCUT2D eigenvalue weighted by atomic mass is 32.2. The molecular weight excluding hydrogens is 300 g/mol.